The highest BCUT2D eigenvalue weighted by Crippen LogP contribution is 2.41. The number of benzene rings is 6. The maximum absolute atomic E-state index is 5.40. The van der Waals surface area contributed by atoms with Crippen LogP contribution in [0, 0.1) is 0 Å². The maximum atomic E-state index is 5.40. The van der Waals surface area contributed by atoms with E-state index in [0.29, 0.717) is 0 Å². The molecule has 0 unspecified atom stereocenters. The Labute approximate surface area is 246 Å². The summed E-state index contributed by atoms with van der Waals surface area (Å²) < 4.78 is 7.19. The van der Waals surface area contributed by atoms with Crippen LogP contribution in [0.3, 0.4) is 0 Å². The molecule has 0 saturated carbocycles. The Bertz CT molecular complexity index is 2670. The number of hydrogen-bond donors (Lipinski definition) is 0. The maximum Gasteiger partial charge on any atom is 0.151 e. The van der Waals surface area contributed by atoms with Gasteiger partial charge in [-0.2, -0.15) is 0 Å². The molecular weight excluding hydrogens is 524 g/mol. The van der Waals surface area contributed by atoms with Crippen LogP contribution in [0.4, 0.5) is 0 Å². The molecule has 4 aromatic heterocycles. The van der Waals surface area contributed by atoms with Gasteiger partial charge in [-0.3, -0.25) is 8.97 Å². The van der Waals surface area contributed by atoms with Gasteiger partial charge >= 0.3 is 0 Å². The number of para-hydroxylation sites is 4. The van der Waals surface area contributed by atoms with Crippen LogP contribution < -0.4 is 0 Å². The first-order valence-electron chi connectivity index (χ1n) is 14.7. The Morgan fingerprint density at radius 1 is 0.395 bits per heavy atom. The normalized spacial score (nSPS) is 12.2. The largest absolute Gasteiger partial charge is 0.309 e. The third-order valence-electron chi connectivity index (χ3n) is 9.00. The number of aromatic nitrogens is 4. The number of pyridine rings is 1. The molecule has 4 heteroatoms. The van der Waals surface area contributed by atoms with Crippen molar-refractivity contribution in [1.82, 2.24) is 18.5 Å². The summed E-state index contributed by atoms with van der Waals surface area (Å²) >= 11 is 0. The minimum Gasteiger partial charge on any atom is -0.309 e. The van der Waals surface area contributed by atoms with Gasteiger partial charge in [-0.25, -0.2) is 4.98 Å². The molecule has 0 amide bonds. The van der Waals surface area contributed by atoms with Gasteiger partial charge < -0.3 is 4.57 Å². The Hall–Kier alpha value is -5.87. The van der Waals surface area contributed by atoms with Gasteiger partial charge in [-0.1, -0.05) is 103 Å². The van der Waals surface area contributed by atoms with Crippen LogP contribution in [-0.4, -0.2) is 18.5 Å². The topological polar surface area (TPSA) is 27.2 Å². The lowest BCUT2D eigenvalue weighted by atomic mass is 10.0. The Kier molecular flexibility index (Phi) is 4.42. The molecular formula is C39H24N4. The molecule has 0 fully saturated rings. The molecule has 0 radical (unpaired) electrons. The predicted octanol–water partition coefficient (Wildman–Crippen LogP) is 9.83. The Morgan fingerprint density at radius 3 is 1.63 bits per heavy atom. The summed E-state index contributed by atoms with van der Waals surface area (Å²) in [4.78, 5) is 5.40. The van der Waals surface area contributed by atoms with E-state index in [4.69, 9.17) is 4.98 Å². The van der Waals surface area contributed by atoms with Crippen molar-refractivity contribution in [2.75, 3.05) is 0 Å². The summed E-state index contributed by atoms with van der Waals surface area (Å²) in [5, 5.41) is 7.22. The molecule has 0 aliphatic carbocycles. The molecule has 0 atom stereocenters. The second-order valence-electron chi connectivity index (χ2n) is 11.2. The van der Waals surface area contributed by atoms with Crippen LogP contribution in [0.15, 0.2) is 146 Å². The smallest absolute Gasteiger partial charge is 0.151 e. The van der Waals surface area contributed by atoms with Gasteiger partial charge in [0.25, 0.3) is 0 Å². The first-order chi connectivity index (χ1) is 21.4. The summed E-state index contributed by atoms with van der Waals surface area (Å²) in [6.45, 7) is 0. The van der Waals surface area contributed by atoms with Crippen LogP contribution in [-0.2, 0) is 0 Å². The second-order valence-corrected chi connectivity index (χ2v) is 11.2. The molecule has 43 heavy (non-hydrogen) atoms. The molecule has 0 saturated heterocycles. The van der Waals surface area contributed by atoms with E-state index in [0.717, 1.165) is 50.0 Å². The van der Waals surface area contributed by atoms with E-state index in [2.05, 4.69) is 159 Å². The first-order valence-corrected chi connectivity index (χ1v) is 14.7. The van der Waals surface area contributed by atoms with E-state index in [1.807, 2.05) is 0 Å². The van der Waals surface area contributed by atoms with Gasteiger partial charge in [-0.05, 0) is 47.9 Å². The zero-order valence-corrected chi connectivity index (χ0v) is 23.1. The summed E-state index contributed by atoms with van der Waals surface area (Å²) in [5.41, 5.74) is 10.0. The van der Waals surface area contributed by atoms with Crippen molar-refractivity contribution in [2.45, 2.75) is 0 Å². The number of hydrogen-bond acceptors (Lipinski definition) is 1. The quantitative estimate of drug-likeness (QED) is 0.198. The summed E-state index contributed by atoms with van der Waals surface area (Å²) in [6.07, 6.45) is 0. The SMILES string of the molecule is c1ccc(-n2c3ccccc3c3nc4c5ccccc5c5c(-n6c7ccccc7c7ccccc76)cccc5n4c32)cc1. The molecule has 10 rings (SSSR count). The van der Waals surface area contributed by atoms with E-state index in [1.165, 1.54) is 32.6 Å². The monoisotopic (exact) mass is 548 g/mol. The van der Waals surface area contributed by atoms with Crippen molar-refractivity contribution < 1.29 is 0 Å². The molecule has 0 N–H and O–H groups in total. The third-order valence-corrected chi connectivity index (χ3v) is 9.00. The van der Waals surface area contributed by atoms with E-state index in [1.54, 1.807) is 0 Å². The minimum atomic E-state index is 0.975. The molecule has 4 heterocycles. The Balaban J connectivity index is 1.48. The van der Waals surface area contributed by atoms with Gasteiger partial charge in [0.05, 0.1) is 27.8 Å². The molecule has 4 nitrogen and oxygen atoms in total. The highest BCUT2D eigenvalue weighted by Gasteiger charge is 2.23. The minimum absolute atomic E-state index is 0.975. The molecule has 0 bridgehead atoms. The summed E-state index contributed by atoms with van der Waals surface area (Å²) in [6, 6.07) is 52.1. The van der Waals surface area contributed by atoms with E-state index < -0.39 is 0 Å². The average molecular weight is 549 g/mol. The predicted molar refractivity (Wildman–Crippen MR) is 179 cm³/mol. The highest BCUT2D eigenvalue weighted by molar-refractivity contribution is 6.20. The van der Waals surface area contributed by atoms with Crippen LogP contribution >= 0.6 is 0 Å². The van der Waals surface area contributed by atoms with Gasteiger partial charge in [-0.15, -0.1) is 0 Å². The zero-order valence-electron chi connectivity index (χ0n) is 23.1. The fourth-order valence-corrected chi connectivity index (χ4v) is 7.28. The standard InChI is InChI=1S/C39H24N4/c1-2-13-25(14-3-1)41-33-22-11-8-19-30(33)37-39(41)43-35-24-12-23-34(36(35)28-17-4-5-18-29(28)38(43)40-37)42-31-20-9-6-15-26(31)27-16-7-10-21-32(27)42/h1-24H. The van der Waals surface area contributed by atoms with E-state index in [9.17, 15) is 0 Å². The van der Waals surface area contributed by atoms with Crippen molar-refractivity contribution in [3.05, 3.63) is 146 Å². The van der Waals surface area contributed by atoms with Crippen molar-refractivity contribution in [2.24, 2.45) is 0 Å². The van der Waals surface area contributed by atoms with Crippen LogP contribution in [0.5, 0.6) is 0 Å². The van der Waals surface area contributed by atoms with E-state index in [-0.39, 0.29) is 0 Å². The third kappa shape index (κ3) is 2.92. The zero-order chi connectivity index (χ0) is 28.1. The van der Waals surface area contributed by atoms with Crippen LogP contribution in [0.1, 0.15) is 0 Å². The molecule has 0 aliphatic heterocycles. The van der Waals surface area contributed by atoms with Gasteiger partial charge in [0, 0.05) is 32.6 Å². The molecule has 0 spiro atoms. The summed E-state index contributed by atoms with van der Waals surface area (Å²) in [5.74, 6) is 0. The second kappa shape index (κ2) is 8.34. The lowest BCUT2D eigenvalue weighted by molar-refractivity contribution is 1.12. The molecule has 0 aliphatic rings. The van der Waals surface area contributed by atoms with Gasteiger partial charge in [0.15, 0.2) is 5.65 Å². The average Bonchev–Trinajstić information content (AvgIpc) is 3.72. The molecule has 200 valence electrons. The molecule has 6 aromatic carbocycles. The molecule has 10 aromatic rings. The number of rotatable bonds is 2. The first kappa shape index (κ1) is 22.8. The van der Waals surface area contributed by atoms with Crippen molar-refractivity contribution in [3.63, 3.8) is 0 Å². The Morgan fingerprint density at radius 2 is 0.930 bits per heavy atom. The van der Waals surface area contributed by atoms with Crippen molar-refractivity contribution in [1.29, 1.82) is 0 Å². The van der Waals surface area contributed by atoms with Gasteiger partial charge in [0.2, 0.25) is 0 Å². The summed E-state index contributed by atoms with van der Waals surface area (Å²) in [7, 11) is 0. The fraction of sp³-hybridized carbons (Fsp3) is 0. The lowest BCUT2D eigenvalue weighted by Crippen LogP contribution is -2.01. The van der Waals surface area contributed by atoms with E-state index >= 15 is 0 Å². The fourth-order valence-electron chi connectivity index (χ4n) is 7.28. The van der Waals surface area contributed by atoms with Gasteiger partial charge in [0.1, 0.15) is 11.2 Å². The van der Waals surface area contributed by atoms with Crippen molar-refractivity contribution in [3.8, 4) is 11.4 Å². The number of fused-ring (bicyclic) bond motifs is 13. The number of nitrogens with zero attached hydrogens (tertiary/aromatic N) is 4. The van der Waals surface area contributed by atoms with Crippen LogP contribution in [0.25, 0.3) is 82.6 Å². The van der Waals surface area contributed by atoms with Crippen molar-refractivity contribution >= 4 is 71.2 Å². The number of imidazole rings is 1. The lowest BCUT2D eigenvalue weighted by Gasteiger charge is -2.16. The highest BCUT2D eigenvalue weighted by atomic mass is 15.2. The van der Waals surface area contributed by atoms with Crippen LogP contribution in [0.2, 0.25) is 0 Å².